The molecule has 1 aliphatic heterocycles. The molecule has 0 aromatic heterocycles. The second-order valence-corrected chi connectivity index (χ2v) is 5.02. The maximum Gasteiger partial charge on any atom is 0.137 e. The number of rotatable bonds is 3. The number of hydrogen-bond acceptors (Lipinski definition) is 2. The molecule has 3 rings (SSSR count). The van der Waals surface area contributed by atoms with Gasteiger partial charge in [-0.3, -0.25) is 0 Å². The van der Waals surface area contributed by atoms with Crippen LogP contribution in [0.2, 0.25) is 5.02 Å². The van der Waals surface area contributed by atoms with Gasteiger partial charge < -0.3 is 10.1 Å². The minimum Gasteiger partial charge on any atom is -0.491 e. The molecular weight excluding hydrogens is 210 g/mol. The predicted molar refractivity (Wildman–Crippen MR) is 60.4 cm³/mol. The first kappa shape index (κ1) is 9.49. The zero-order chi connectivity index (χ0) is 10.3. The van der Waals surface area contributed by atoms with Gasteiger partial charge in [0, 0.05) is 12.0 Å². The molecule has 0 amide bonds. The van der Waals surface area contributed by atoms with Crippen molar-refractivity contribution in [3.05, 3.63) is 29.3 Å². The number of para-hydroxylation sites is 1. The lowest BCUT2D eigenvalue weighted by Gasteiger charge is -2.14. The Hall–Kier alpha value is -0.730. The summed E-state index contributed by atoms with van der Waals surface area (Å²) in [5, 5.41) is 4.11. The summed E-state index contributed by atoms with van der Waals surface area (Å²) >= 11 is 6.03. The van der Waals surface area contributed by atoms with Gasteiger partial charge in [-0.25, -0.2) is 0 Å². The molecule has 0 spiro atoms. The van der Waals surface area contributed by atoms with Crippen LogP contribution in [0.15, 0.2) is 24.3 Å². The van der Waals surface area contributed by atoms with E-state index < -0.39 is 0 Å². The van der Waals surface area contributed by atoms with Crippen LogP contribution in [0.4, 0.5) is 0 Å². The fourth-order valence-corrected chi connectivity index (χ4v) is 2.63. The third-order valence-corrected chi connectivity index (χ3v) is 3.89. The van der Waals surface area contributed by atoms with Crippen LogP contribution in [0.3, 0.4) is 0 Å². The number of hydrogen-bond donors (Lipinski definition) is 1. The minimum atomic E-state index is 0.416. The topological polar surface area (TPSA) is 21.3 Å². The van der Waals surface area contributed by atoms with E-state index in [1.807, 2.05) is 24.3 Å². The van der Waals surface area contributed by atoms with E-state index >= 15 is 0 Å². The maximum absolute atomic E-state index is 6.03. The first-order valence-electron chi connectivity index (χ1n) is 5.38. The lowest BCUT2D eigenvalue weighted by Crippen LogP contribution is -2.21. The quantitative estimate of drug-likeness (QED) is 0.849. The van der Waals surface area contributed by atoms with Crippen molar-refractivity contribution in [3.8, 4) is 5.75 Å². The molecule has 3 heteroatoms. The molecular formula is C12H14ClNO. The van der Waals surface area contributed by atoms with Crippen LogP contribution in [0, 0.1) is 11.3 Å². The molecule has 1 N–H and O–H groups in total. The molecule has 0 radical (unpaired) electrons. The van der Waals surface area contributed by atoms with Gasteiger partial charge in [-0.2, -0.15) is 0 Å². The molecule has 1 aliphatic carbocycles. The minimum absolute atomic E-state index is 0.416. The Morgan fingerprint density at radius 3 is 3.00 bits per heavy atom. The zero-order valence-corrected chi connectivity index (χ0v) is 9.26. The summed E-state index contributed by atoms with van der Waals surface area (Å²) in [6.07, 6.45) is 1.31. The van der Waals surface area contributed by atoms with Crippen molar-refractivity contribution in [2.75, 3.05) is 19.7 Å². The van der Waals surface area contributed by atoms with Gasteiger partial charge in [0.2, 0.25) is 0 Å². The van der Waals surface area contributed by atoms with Crippen LogP contribution in [-0.4, -0.2) is 19.7 Å². The summed E-state index contributed by atoms with van der Waals surface area (Å²) in [5.74, 6) is 1.64. The first-order valence-corrected chi connectivity index (χ1v) is 5.76. The van der Waals surface area contributed by atoms with Gasteiger partial charge in [-0.15, -0.1) is 0 Å². The molecule has 80 valence electrons. The van der Waals surface area contributed by atoms with Gasteiger partial charge in [0.25, 0.3) is 0 Å². The lowest BCUT2D eigenvalue weighted by molar-refractivity contribution is 0.236. The Balaban J connectivity index is 1.65. The molecule has 2 atom stereocenters. The average Bonchev–Trinajstić information content (AvgIpc) is 2.80. The highest BCUT2D eigenvalue weighted by Crippen LogP contribution is 2.55. The van der Waals surface area contributed by atoms with Crippen LogP contribution in [0.5, 0.6) is 5.75 Å². The van der Waals surface area contributed by atoms with Crippen LogP contribution >= 0.6 is 11.6 Å². The van der Waals surface area contributed by atoms with Gasteiger partial charge >= 0.3 is 0 Å². The van der Waals surface area contributed by atoms with Gasteiger partial charge in [0.05, 0.1) is 11.6 Å². The fraction of sp³-hybridized carbons (Fsp3) is 0.500. The van der Waals surface area contributed by atoms with E-state index in [9.17, 15) is 0 Å². The third kappa shape index (κ3) is 1.62. The first-order chi connectivity index (χ1) is 7.30. The van der Waals surface area contributed by atoms with E-state index in [-0.39, 0.29) is 0 Å². The van der Waals surface area contributed by atoms with Gasteiger partial charge in [0.1, 0.15) is 5.75 Å². The Bertz CT molecular complexity index is 382. The van der Waals surface area contributed by atoms with E-state index in [0.717, 1.165) is 31.4 Å². The average molecular weight is 224 g/mol. The Kier molecular flexibility index (Phi) is 2.15. The summed E-state index contributed by atoms with van der Waals surface area (Å²) in [6, 6.07) is 7.67. The number of benzene rings is 1. The standard InChI is InChI=1S/C12H14ClNO/c13-10-3-1-2-4-11(10)15-8-12-5-9(12)6-14-7-12/h1-4,9,14H,5-8H2. The highest BCUT2D eigenvalue weighted by molar-refractivity contribution is 6.32. The molecule has 1 saturated heterocycles. The second kappa shape index (κ2) is 3.39. The molecule has 2 fully saturated rings. The smallest absolute Gasteiger partial charge is 0.137 e. The number of ether oxygens (including phenoxy) is 1. The number of halogens is 1. The third-order valence-electron chi connectivity index (χ3n) is 3.58. The van der Waals surface area contributed by atoms with E-state index in [4.69, 9.17) is 16.3 Å². The molecule has 1 saturated carbocycles. The highest BCUT2D eigenvalue weighted by atomic mass is 35.5. The Morgan fingerprint density at radius 2 is 2.33 bits per heavy atom. The Labute approximate surface area is 94.6 Å². The molecule has 1 aromatic carbocycles. The van der Waals surface area contributed by atoms with Crippen molar-refractivity contribution in [1.82, 2.24) is 5.32 Å². The van der Waals surface area contributed by atoms with Crippen molar-refractivity contribution in [1.29, 1.82) is 0 Å². The molecule has 1 aromatic rings. The highest BCUT2D eigenvalue weighted by Gasteiger charge is 2.57. The molecule has 0 bridgehead atoms. The van der Waals surface area contributed by atoms with Gasteiger partial charge in [-0.05, 0) is 31.0 Å². The molecule has 2 aliphatic rings. The van der Waals surface area contributed by atoms with Crippen LogP contribution in [-0.2, 0) is 0 Å². The normalized spacial score (nSPS) is 32.5. The van der Waals surface area contributed by atoms with E-state index in [1.165, 1.54) is 6.42 Å². The number of fused-ring (bicyclic) bond motifs is 1. The zero-order valence-electron chi connectivity index (χ0n) is 8.50. The van der Waals surface area contributed by atoms with Crippen LogP contribution in [0.1, 0.15) is 6.42 Å². The molecule has 15 heavy (non-hydrogen) atoms. The van der Waals surface area contributed by atoms with E-state index in [0.29, 0.717) is 10.4 Å². The van der Waals surface area contributed by atoms with Gasteiger partial charge in [0.15, 0.2) is 0 Å². The van der Waals surface area contributed by atoms with E-state index in [2.05, 4.69) is 5.32 Å². The molecule has 2 unspecified atom stereocenters. The van der Waals surface area contributed by atoms with Crippen molar-refractivity contribution >= 4 is 11.6 Å². The van der Waals surface area contributed by atoms with E-state index in [1.54, 1.807) is 0 Å². The fourth-order valence-electron chi connectivity index (χ4n) is 2.44. The maximum atomic E-state index is 6.03. The van der Waals surface area contributed by atoms with Crippen molar-refractivity contribution < 1.29 is 4.74 Å². The lowest BCUT2D eigenvalue weighted by atomic mass is 10.1. The summed E-state index contributed by atoms with van der Waals surface area (Å²) < 4.78 is 5.79. The van der Waals surface area contributed by atoms with Crippen molar-refractivity contribution in [2.45, 2.75) is 6.42 Å². The van der Waals surface area contributed by atoms with Crippen LogP contribution < -0.4 is 10.1 Å². The number of nitrogens with one attached hydrogen (secondary N) is 1. The Morgan fingerprint density at radius 1 is 1.47 bits per heavy atom. The monoisotopic (exact) mass is 223 g/mol. The van der Waals surface area contributed by atoms with Gasteiger partial charge in [-0.1, -0.05) is 23.7 Å². The predicted octanol–water partition coefficient (Wildman–Crippen LogP) is 2.33. The molecule has 2 nitrogen and oxygen atoms in total. The summed E-state index contributed by atoms with van der Waals surface area (Å²) in [6.45, 7) is 3.06. The largest absolute Gasteiger partial charge is 0.491 e. The number of piperidine rings is 1. The summed E-state index contributed by atoms with van der Waals surface area (Å²) in [4.78, 5) is 0. The van der Waals surface area contributed by atoms with Crippen molar-refractivity contribution in [2.24, 2.45) is 11.3 Å². The second-order valence-electron chi connectivity index (χ2n) is 4.61. The molecule has 1 heterocycles. The van der Waals surface area contributed by atoms with Crippen molar-refractivity contribution in [3.63, 3.8) is 0 Å². The summed E-state index contributed by atoms with van der Waals surface area (Å²) in [5.41, 5.74) is 0.416. The summed E-state index contributed by atoms with van der Waals surface area (Å²) in [7, 11) is 0. The SMILES string of the molecule is Clc1ccccc1OCC12CNCC1C2. The van der Waals surface area contributed by atoms with Crippen LogP contribution in [0.25, 0.3) is 0 Å².